The lowest BCUT2D eigenvalue weighted by atomic mass is 10.2. The molecule has 2 heterocycles. The number of pyridine rings is 1. The van der Waals surface area contributed by atoms with E-state index in [1.807, 2.05) is 24.3 Å². The zero-order chi connectivity index (χ0) is 13.9. The number of fused-ring (bicyclic) bond motifs is 1. The number of rotatable bonds is 3. The van der Waals surface area contributed by atoms with E-state index < -0.39 is 0 Å². The fourth-order valence-corrected chi connectivity index (χ4v) is 1.97. The molecule has 3 rings (SSSR count). The van der Waals surface area contributed by atoms with Crippen molar-refractivity contribution in [3.8, 4) is 0 Å². The van der Waals surface area contributed by atoms with E-state index in [0.717, 1.165) is 11.4 Å². The lowest BCUT2D eigenvalue weighted by molar-refractivity contribution is 0.599. The van der Waals surface area contributed by atoms with Crippen LogP contribution in [0.4, 0.5) is 5.82 Å². The maximum Gasteiger partial charge on any atom is 0.277 e. The van der Waals surface area contributed by atoms with Gasteiger partial charge >= 0.3 is 0 Å². The van der Waals surface area contributed by atoms with Gasteiger partial charge in [0.15, 0.2) is 0 Å². The molecule has 0 saturated carbocycles. The zero-order valence-corrected chi connectivity index (χ0v) is 10.9. The van der Waals surface area contributed by atoms with E-state index in [1.54, 1.807) is 25.4 Å². The molecule has 0 aliphatic heterocycles. The number of anilines is 1. The molecular weight excluding hydrogens is 254 g/mol. The molecule has 2 aromatic heterocycles. The van der Waals surface area contributed by atoms with Gasteiger partial charge < -0.3 is 5.32 Å². The van der Waals surface area contributed by atoms with Crippen LogP contribution in [-0.2, 0) is 6.54 Å². The normalized spacial score (nSPS) is 10.7. The van der Waals surface area contributed by atoms with Crippen LogP contribution in [0.25, 0.3) is 10.9 Å². The molecule has 0 unspecified atom stereocenters. The Kier molecular flexibility index (Phi) is 3.12. The third-order valence-electron chi connectivity index (χ3n) is 3.04. The maximum atomic E-state index is 12.3. The number of hydrogen-bond donors (Lipinski definition) is 1. The molecule has 6 nitrogen and oxygen atoms in total. The summed E-state index contributed by atoms with van der Waals surface area (Å²) >= 11 is 0. The number of nitrogens with one attached hydrogen (secondary N) is 1. The Hall–Kier alpha value is -2.76. The van der Waals surface area contributed by atoms with Crippen molar-refractivity contribution in [2.24, 2.45) is 0 Å². The van der Waals surface area contributed by atoms with Crippen molar-refractivity contribution in [2.45, 2.75) is 6.54 Å². The van der Waals surface area contributed by atoms with Gasteiger partial charge in [0, 0.05) is 13.2 Å². The number of hydrogen-bond acceptors (Lipinski definition) is 5. The summed E-state index contributed by atoms with van der Waals surface area (Å²) < 4.78 is 1.35. The van der Waals surface area contributed by atoms with Gasteiger partial charge in [-0.2, -0.15) is 0 Å². The van der Waals surface area contributed by atoms with Gasteiger partial charge in [-0.05, 0) is 23.8 Å². The summed E-state index contributed by atoms with van der Waals surface area (Å²) in [6.07, 6.45) is 1.72. The van der Waals surface area contributed by atoms with Crippen LogP contribution in [0, 0.1) is 0 Å². The smallest absolute Gasteiger partial charge is 0.277 e. The third-order valence-corrected chi connectivity index (χ3v) is 3.04. The maximum absolute atomic E-state index is 12.3. The molecule has 1 N–H and O–H groups in total. The minimum absolute atomic E-state index is 0.145. The number of benzene rings is 1. The SMILES string of the molecule is CNc1ccc(Cn2nnc3ccccc3c2=O)cn1. The second-order valence-electron chi connectivity index (χ2n) is 4.37. The highest BCUT2D eigenvalue weighted by atomic mass is 16.1. The Morgan fingerprint density at radius 2 is 2.05 bits per heavy atom. The van der Waals surface area contributed by atoms with Crippen molar-refractivity contribution in [1.29, 1.82) is 0 Å². The molecule has 0 radical (unpaired) electrons. The summed E-state index contributed by atoms with van der Waals surface area (Å²) in [5, 5.41) is 11.5. The minimum Gasteiger partial charge on any atom is -0.373 e. The lowest BCUT2D eigenvalue weighted by Gasteiger charge is -2.05. The van der Waals surface area contributed by atoms with Crippen LogP contribution in [0.5, 0.6) is 0 Å². The average Bonchev–Trinajstić information content (AvgIpc) is 2.51. The molecule has 0 aliphatic carbocycles. The molecule has 0 fully saturated rings. The van der Waals surface area contributed by atoms with Gasteiger partial charge in [-0.1, -0.05) is 23.4 Å². The highest BCUT2D eigenvalue weighted by Crippen LogP contribution is 2.06. The Morgan fingerprint density at radius 1 is 1.20 bits per heavy atom. The number of nitrogens with zero attached hydrogens (tertiary/aromatic N) is 4. The van der Waals surface area contributed by atoms with E-state index in [9.17, 15) is 4.79 Å². The standard InChI is InChI=1S/C14H13N5O/c1-15-13-7-6-10(8-16-13)9-19-14(20)11-4-2-3-5-12(11)17-18-19/h2-8H,9H2,1H3,(H,15,16). The zero-order valence-electron chi connectivity index (χ0n) is 10.9. The topological polar surface area (TPSA) is 72.7 Å². The highest BCUT2D eigenvalue weighted by molar-refractivity contribution is 5.76. The molecule has 0 bridgehead atoms. The summed E-state index contributed by atoms with van der Waals surface area (Å²) in [6, 6.07) is 10.9. The Morgan fingerprint density at radius 3 is 2.80 bits per heavy atom. The lowest BCUT2D eigenvalue weighted by Crippen LogP contribution is -2.24. The quantitative estimate of drug-likeness (QED) is 0.773. The second-order valence-corrected chi connectivity index (χ2v) is 4.37. The molecule has 6 heteroatoms. The van der Waals surface area contributed by atoms with Gasteiger partial charge in [0.05, 0.1) is 11.9 Å². The summed E-state index contributed by atoms with van der Waals surface area (Å²) in [5.74, 6) is 0.783. The van der Waals surface area contributed by atoms with Crippen molar-refractivity contribution in [1.82, 2.24) is 20.0 Å². The van der Waals surface area contributed by atoms with Gasteiger partial charge in [-0.15, -0.1) is 5.10 Å². The van der Waals surface area contributed by atoms with Crippen LogP contribution in [0.2, 0.25) is 0 Å². The first kappa shape index (κ1) is 12.3. The molecule has 20 heavy (non-hydrogen) atoms. The average molecular weight is 267 g/mol. The van der Waals surface area contributed by atoms with E-state index in [4.69, 9.17) is 0 Å². The molecule has 100 valence electrons. The van der Waals surface area contributed by atoms with Gasteiger partial charge in [-0.25, -0.2) is 9.67 Å². The molecule has 3 aromatic rings. The highest BCUT2D eigenvalue weighted by Gasteiger charge is 2.05. The van der Waals surface area contributed by atoms with E-state index >= 15 is 0 Å². The van der Waals surface area contributed by atoms with Crippen molar-refractivity contribution in [3.05, 3.63) is 58.5 Å². The molecule has 1 aromatic carbocycles. The van der Waals surface area contributed by atoms with Gasteiger partial charge in [0.1, 0.15) is 11.3 Å². The summed E-state index contributed by atoms with van der Waals surface area (Å²) in [7, 11) is 1.81. The van der Waals surface area contributed by atoms with Crippen molar-refractivity contribution >= 4 is 16.7 Å². The van der Waals surface area contributed by atoms with E-state index in [0.29, 0.717) is 17.4 Å². The van der Waals surface area contributed by atoms with Crippen molar-refractivity contribution in [2.75, 3.05) is 12.4 Å². The van der Waals surface area contributed by atoms with Crippen molar-refractivity contribution < 1.29 is 0 Å². The molecule has 0 atom stereocenters. The summed E-state index contributed by atoms with van der Waals surface area (Å²) in [6.45, 7) is 0.355. The molecular formula is C14H13N5O. The van der Waals surface area contributed by atoms with Crippen LogP contribution in [0.1, 0.15) is 5.56 Å². The largest absolute Gasteiger partial charge is 0.373 e. The van der Waals surface area contributed by atoms with Crippen LogP contribution in [0.3, 0.4) is 0 Å². The minimum atomic E-state index is -0.145. The van der Waals surface area contributed by atoms with E-state index in [-0.39, 0.29) is 5.56 Å². The van der Waals surface area contributed by atoms with Gasteiger partial charge in [0.25, 0.3) is 5.56 Å². The van der Waals surface area contributed by atoms with Gasteiger partial charge in [-0.3, -0.25) is 4.79 Å². The molecule has 0 aliphatic rings. The van der Waals surface area contributed by atoms with Crippen molar-refractivity contribution in [3.63, 3.8) is 0 Å². The predicted octanol–water partition coefficient (Wildman–Crippen LogP) is 1.28. The third kappa shape index (κ3) is 2.23. The number of aromatic nitrogens is 4. The Labute approximate surface area is 115 Å². The molecule has 0 saturated heterocycles. The molecule has 0 spiro atoms. The predicted molar refractivity (Wildman–Crippen MR) is 76.7 cm³/mol. The first-order valence-corrected chi connectivity index (χ1v) is 6.23. The van der Waals surface area contributed by atoms with Gasteiger partial charge in [0.2, 0.25) is 0 Å². The first-order chi connectivity index (χ1) is 9.78. The van der Waals surface area contributed by atoms with E-state index in [2.05, 4.69) is 20.6 Å². The van der Waals surface area contributed by atoms with Crippen LogP contribution < -0.4 is 10.9 Å². The Balaban J connectivity index is 1.98. The Bertz CT molecular complexity index is 795. The van der Waals surface area contributed by atoms with Crippen LogP contribution >= 0.6 is 0 Å². The summed E-state index contributed by atoms with van der Waals surface area (Å²) in [5.41, 5.74) is 1.36. The van der Waals surface area contributed by atoms with Crippen LogP contribution in [0.15, 0.2) is 47.4 Å². The van der Waals surface area contributed by atoms with Crippen LogP contribution in [-0.4, -0.2) is 27.0 Å². The summed E-state index contributed by atoms with van der Waals surface area (Å²) in [4.78, 5) is 16.5. The van der Waals surface area contributed by atoms with E-state index in [1.165, 1.54) is 4.68 Å². The fourth-order valence-electron chi connectivity index (χ4n) is 1.97. The second kappa shape index (κ2) is 5.08. The molecule has 0 amide bonds. The first-order valence-electron chi connectivity index (χ1n) is 6.23. The fraction of sp³-hybridized carbons (Fsp3) is 0.143. The monoisotopic (exact) mass is 267 g/mol.